The number of hydrogen-bond acceptors (Lipinski definition) is 2. The number of halogens is 1. The Hall–Kier alpha value is -1.03. The SMILES string of the molecule is CN(Cc1nccn1C)C(=O)CCCl. The molecule has 1 amide bonds. The van der Waals surface area contributed by atoms with Gasteiger partial charge in [-0.05, 0) is 0 Å². The van der Waals surface area contributed by atoms with Gasteiger partial charge in [-0.1, -0.05) is 0 Å². The second-order valence-corrected chi connectivity index (χ2v) is 3.52. The van der Waals surface area contributed by atoms with Gasteiger partial charge in [0.25, 0.3) is 0 Å². The van der Waals surface area contributed by atoms with Gasteiger partial charge in [0.1, 0.15) is 5.82 Å². The second-order valence-electron chi connectivity index (χ2n) is 3.14. The van der Waals surface area contributed by atoms with E-state index in [2.05, 4.69) is 4.98 Å². The number of aromatic nitrogens is 2. The van der Waals surface area contributed by atoms with Crippen LogP contribution in [0.3, 0.4) is 0 Å². The third-order valence-corrected chi connectivity index (χ3v) is 2.22. The molecule has 0 saturated carbocycles. The normalized spacial score (nSPS) is 10.2. The fourth-order valence-electron chi connectivity index (χ4n) is 1.12. The van der Waals surface area contributed by atoms with E-state index >= 15 is 0 Å². The Morgan fingerprint density at radius 3 is 2.93 bits per heavy atom. The van der Waals surface area contributed by atoms with Gasteiger partial charge >= 0.3 is 0 Å². The summed E-state index contributed by atoms with van der Waals surface area (Å²) in [4.78, 5) is 17.1. The minimum atomic E-state index is 0.0444. The van der Waals surface area contributed by atoms with Gasteiger partial charge in [-0.15, -0.1) is 11.6 Å². The molecule has 4 nitrogen and oxygen atoms in total. The van der Waals surface area contributed by atoms with Crippen molar-refractivity contribution in [3.8, 4) is 0 Å². The van der Waals surface area contributed by atoms with Crippen molar-refractivity contribution < 1.29 is 4.79 Å². The highest BCUT2D eigenvalue weighted by Gasteiger charge is 2.10. The Morgan fingerprint density at radius 2 is 2.43 bits per heavy atom. The molecule has 1 aromatic heterocycles. The average Bonchev–Trinajstić information content (AvgIpc) is 2.52. The average molecular weight is 216 g/mol. The first-order chi connectivity index (χ1) is 6.65. The van der Waals surface area contributed by atoms with Crippen LogP contribution >= 0.6 is 11.6 Å². The number of carbonyl (C=O) groups excluding carboxylic acids is 1. The molecule has 0 atom stereocenters. The maximum absolute atomic E-state index is 11.4. The molecule has 78 valence electrons. The molecule has 0 bridgehead atoms. The molecule has 0 radical (unpaired) electrons. The summed E-state index contributed by atoms with van der Waals surface area (Å²) in [6, 6.07) is 0. The van der Waals surface area contributed by atoms with E-state index in [4.69, 9.17) is 11.6 Å². The first-order valence-corrected chi connectivity index (χ1v) is 4.94. The van der Waals surface area contributed by atoms with Gasteiger partial charge in [0, 0.05) is 38.8 Å². The van der Waals surface area contributed by atoms with Crippen molar-refractivity contribution in [3.05, 3.63) is 18.2 Å². The predicted molar refractivity (Wildman–Crippen MR) is 55.0 cm³/mol. The Morgan fingerprint density at radius 1 is 1.71 bits per heavy atom. The molecule has 0 aliphatic rings. The number of aryl methyl sites for hydroxylation is 1. The van der Waals surface area contributed by atoms with Gasteiger partial charge < -0.3 is 9.47 Å². The minimum Gasteiger partial charge on any atom is -0.338 e. The highest BCUT2D eigenvalue weighted by molar-refractivity contribution is 6.18. The third-order valence-electron chi connectivity index (χ3n) is 2.03. The number of amides is 1. The Kier molecular flexibility index (Phi) is 3.95. The highest BCUT2D eigenvalue weighted by atomic mass is 35.5. The van der Waals surface area contributed by atoms with Crippen LogP contribution in [0.25, 0.3) is 0 Å². The lowest BCUT2D eigenvalue weighted by molar-refractivity contribution is -0.130. The summed E-state index contributed by atoms with van der Waals surface area (Å²) < 4.78 is 1.89. The number of carbonyl (C=O) groups is 1. The molecule has 0 fully saturated rings. The lowest BCUT2D eigenvalue weighted by atomic mass is 10.4. The largest absolute Gasteiger partial charge is 0.338 e. The van der Waals surface area contributed by atoms with Crippen molar-refractivity contribution in [2.75, 3.05) is 12.9 Å². The minimum absolute atomic E-state index is 0.0444. The van der Waals surface area contributed by atoms with Crippen molar-refractivity contribution in [3.63, 3.8) is 0 Å². The smallest absolute Gasteiger partial charge is 0.223 e. The van der Waals surface area contributed by atoms with Crippen LogP contribution in [0.2, 0.25) is 0 Å². The summed E-state index contributed by atoms with van der Waals surface area (Å²) in [7, 11) is 3.66. The molecule has 0 N–H and O–H groups in total. The summed E-state index contributed by atoms with van der Waals surface area (Å²) in [5, 5.41) is 0. The molecule has 5 heteroatoms. The fraction of sp³-hybridized carbons (Fsp3) is 0.556. The summed E-state index contributed by atoms with van der Waals surface area (Å²) in [5.74, 6) is 1.28. The van der Waals surface area contributed by atoms with Crippen LogP contribution in [0, 0.1) is 0 Å². The van der Waals surface area contributed by atoms with E-state index in [9.17, 15) is 4.79 Å². The van der Waals surface area contributed by atoms with Crippen LogP contribution in [0.4, 0.5) is 0 Å². The summed E-state index contributed by atoms with van der Waals surface area (Å²) in [6.45, 7) is 0.527. The van der Waals surface area contributed by atoms with Crippen LogP contribution in [0.15, 0.2) is 12.4 Å². The van der Waals surface area contributed by atoms with E-state index in [0.717, 1.165) is 5.82 Å². The molecule has 0 spiro atoms. The monoisotopic (exact) mass is 215 g/mol. The van der Waals surface area contributed by atoms with Gasteiger partial charge in [0.2, 0.25) is 5.91 Å². The Bertz CT molecular complexity index is 311. The molecule has 0 aliphatic heterocycles. The van der Waals surface area contributed by atoms with Crippen molar-refractivity contribution >= 4 is 17.5 Å². The molecule has 1 aromatic rings. The van der Waals surface area contributed by atoms with E-state index in [1.165, 1.54) is 0 Å². The van der Waals surface area contributed by atoms with Gasteiger partial charge in [-0.25, -0.2) is 4.98 Å². The van der Waals surface area contributed by atoms with Crippen molar-refractivity contribution in [2.45, 2.75) is 13.0 Å². The summed E-state index contributed by atoms with van der Waals surface area (Å²) >= 11 is 5.49. The molecule has 0 saturated heterocycles. The summed E-state index contributed by atoms with van der Waals surface area (Å²) in [5.41, 5.74) is 0. The third kappa shape index (κ3) is 2.73. The van der Waals surface area contributed by atoms with Gasteiger partial charge in [0.05, 0.1) is 6.54 Å². The Labute approximate surface area is 88.5 Å². The predicted octanol–water partition coefficient (Wildman–Crippen LogP) is 1.01. The van der Waals surface area contributed by atoms with E-state index in [1.807, 2.05) is 17.8 Å². The van der Waals surface area contributed by atoms with Crippen LogP contribution in [-0.4, -0.2) is 33.3 Å². The van der Waals surface area contributed by atoms with Crippen molar-refractivity contribution in [2.24, 2.45) is 7.05 Å². The highest BCUT2D eigenvalue weighted by Crippen LogP contribution is 2.01. The number of hydrogen-bond donors (Lipinski definition) is 0. The Balaban J connectivity index is 2.52. The lowest BCUT2D eigenvalue weighted by Gasteiger charge is -2.15. The molecular weight excluding hydrogens is 202 g/mol. The topological polar surface area (TPSA) is 38.1 Å². The first-order valence-electron chi connectivity index (χ1n) is 4.41. The molecule has 0 aliphatic carbocycles. The van der Waals surface area contributed by atoms with Crippen molar-refractivity contribution in [1.29, 1.82) is 0 Å². The van der Waals surface area contributed by atoms with E-state index < -0.39 is 0 Å². The van der Waals surface area contributed by atoms with Crippen LogP contribution in [0.1, 0.15) is 12.2 Å². The number of nitrogens with zero attached hydrogens (tertiary/aromatic N) is 3. The van der Waals surface area contributed by atoms with Gasteiger partial charge in [0.15, 0.2) is 0 Å². The van der Waals surface area contributed by atoms with E-state index in [-0.39, 0.29) is 5.91 Å². The number of rotatable bonds is 4. The maximum Gasteiger partial charge on any atom is 0.223 e. The quantitative estimate of drug-likeness (QED) is 0.704. The second kappa shape index (κ2) is 5.00. The van der Waals surface area contributed by atoms with Crippen LogP contribution in [-0.2, 0) is 18.4 Å². The molecule has 14 heavy (non-hydrogen) atoms. The van der Waals surface area contributed by atoms with Gasteiger partial charge in [-0.3, -0.25) is 4.79 Å². The zero-order valence-electron chi connectivity index (χ0n) is 8.40. The standard InChI is InChI=1S/C9H14ClN3O/c1-12-6-5-11-8(12)7-13(2)9(14)3-4-10/h5-6H,3-4,7H2,1-2H3. The van der Waals surface area contributed by atoms with Gasteiger partial charge in [-0.2, -0.15) is 0 Å². The first kappa shape index (κ1) is 11.0. The zero-order chi connectivity index (χ0) is 10.6. The fourth-order valence-corrected chi connectivity index (χ4v) is 1.28. The number of alkyl halides is 1. The molecule has 1 rings (SSSR count). The lowest BCUT2D eigenvalue weighted by Crippen LogP contribution is -2.27. The maximum atomic E-state index is 11.4. The van der Waals surface area contributed by atoms with E-state index in [0.29, 0.717) is 18.8 Å². The molecular formula is C9H14ClN3O. The zero-order valence-corrected chi connectivity index (χ0v) is 9.16. The molecule has 0 aromatic carbocycles. The number of imidazole rings is 1. The van der Waals surface area contributed by atoms with Crippen LogP contribution in [0.5, 0.6) is 0 Å². The van der Waals surface area contributed by atoms with Crippen LogP contribution < -0.4 is 0 Å². The molecule has 1 heterocycles. The van der Waals surface area contributed by atoms with E-state index in [1.54, 1.807) is 18.1 Å². The molecule has 0 unspecified atom stereocenters. The summed E-state index contributed by atoms with van der Waals surface area (Å²) in [6.07, 6.45) is 3.95. The van der Waals surface area contributed by atoms with Crippen molar-refractivity contribution in [1.82, 2.24) is 14.5 Å².